The largest absolute Gasteiger partial charge is 0.384 e. The van der Waals surface area contributed by atoms with Gasteiger partial charge >= 0.3 is 0 Å². The fraction of sp³-hybridized carbons (Fsp3) is 0.294. The van der Waals surface area contributed by atoms with Crippen LogP contribution in [0.4, 0.5) is 0 Å². The molecule has 3 heteroatoms. The van der Waals surface area contributed by atoms with E-state index in [1.165, 1.54) is 0 Å². The average Bonchev–Trinajstić information content (AvgIpc) is 2.40. The summed E-state index contributed by atoms with van der Waals surface area (Å²) in [5.41, 5.74) is 5.61. The number of benzene rings is 2. The SMILES string of the molecule is Cc1cc(C(O)c2cc(C)c(Cl)c(C)c2)cc(C)c1Cl. The van der Waals surface area contributed by atoms with Gasteiger partial charge in [-0.2, -0.15) is 0 Å². The van der Waals surface area contributed by atoms with Crippen LogP contribution in [0.2, 0.25) is 10.0 Å². The lowest BCUT2D eigenvalue weighted by molar-refractivity contribution is 0.220. The number of aliphatic hydroxyl groups excluding tert-OH is 1. The maximum atomic E-state index is 10.6. The van der Waals surface area contributed by atoms with Gasteiger partial charge in [0.25, 0.3) is 0 Å². The minimum atomic E-state index is -0.667. The normalized spacial score (nSPS) is 11.2. The summed E-state index contributed by atoms with van der Waals surface area (Å²) in [4.78, 5) is 0. The molecule has 106 valence electrons. The van der Waals surface area contributed by atoms with Crippen LogP contribution in [-0.4, -0.2) is 5.11 Å². The maximum absolute atomic E-state index is 10.6. The van der Waals surface area contributed by atoms with Gasteiger partial charge in [-0.1, -0.05) is 47.5 Å². The Morgan fingerprint density at radius 3 is 1.20 bits per heavy atom. The lowest BCUT2D eigenvalue weighted by Gasteiger charge is -2.16. The van der Waals surface area contributed by atoms with E-state index >= 15 is 0 Å². The van der Waals surface area contributed by atoms with Gasteiger partial charge in [-0.25, -0.2) is 0 Å². The van der Waals surface area contributed by atoms with E-state index in [1.807, 2.05) is 52.0 Å². The highest BCUT2D eigenvalue weighted by Gasteiger charge is 2.15. The number of hydrogen-bond donors (Lipinski definition) is 1. The molecule has 0 radical (unpaired) electrons. The number of rotatable bonds is 2. The van der Waals surface area contributed by atoms with Crippen LogP contribution in [0.1, 0.15) is 39.5 Å². The predicted octanol–water partition coefficient (Wildman–Crippen LogP) is 5.31. The van der Waals surface area contributed by atoms with Crippen molar-refractivity contribution in [2.75, 3.05) is 0 Å². The van der Waals surface area contributed by atoms with Gasteiger partial charge in [0.2, 0.25) is 0 Å². The molecular formula is C17H18Cl2O. The van der Waals surface area contributed by atoms with Crippen LogP contribution in [0.25, 0.3) is 0 Å². The first kappa shape index (κ1) is 15.4. The van der Waals surface area contributed by atoms with Crippen LogP contribution in [0, 0.1) is 27.7 Å². The van der Waals surface area contributed by atoms with E-state index < -0.39 is 6.10 Å². The first-order valence-corrected chi connectivity index (χ1v) is 7.28. The molecular weight excluding hydrogens is 291 g/mol. The van der Waals surface area contributed by atoms with Gasteiger partial charge < -0.3 is 5.11 Å². The van der Waals surface area contributed by atoms with E-state index in [0.717, 1.165) is 43.4 Å². The second kappa shape index (κ2) is 5.77. The number of aryl methyl sites for hydroxylation is 4. The summed E-state index contributed by atoms with van der Waals surface area (Å²) in [5.74, 6) is 0. The topological polar surface area (TPSA) is 20.2 Å². The Hall–Kier alpha value is -1.02. The zero-order valence-electron chi connectivity index (χ0n) is 12.1. The van der Waals surface area contributed by atoms with Gasteiger partial charge in [0, 0.05) is 10.0 Å². The van der Waals surface area contributed by atoms with Crippen molar-refractivity contribution in [1.29, 1.82) is 0 Å². The molecule has 0 saturated carbocycles. The third-order valence-corrected chi connectivity index (χ3v) is 4.74. The molecule has 0 fully saturated rings. The first-order chi connectivity index (χ1) is 9.31. The van der Waals surface area contributed by atoms with Crippen molar-refractivity contribution in [3.63, 3.8) is 0 Å². The van der Waals surface area contributed by atoms with E-state index in [1.54, 1.807) is 0 Å². The fourth-order valence-corrected chi connectivity index (χ4v) is 2.69. The molecule has 1 nitrogen and oxygen atoms in total. The van der Waals surface area contributed by atoms with Crippen molar-refractivity contribution < 1.29 is 5.11 Å². The minimum absolute atomic E-state index is 0.667. The van der Waals surface area contributed by atoms with E-state index in [0.29, 0.717) is 0 Å². The average molecular weight is 309 g/mol. The molecule has 0 unspecified atom stereocenters. The highest BCUT2D eigenvalue weighted by Crippen LogP contribution is 2.31. The Balaban J connectivity index is 2.49. The summed E-state index contributed by atoms with van der Waals surface area (Å²) in [6.45, 7) is 7.79. The van der Waals surface area contributed by atoms with E-state index in [9.17, 15) is 5.11 Å². The summed E-state index contributed by atoms with van der Waals surface area (Å²) in [6, 6.07) is 7.72. The molecule has 2 rings (SSSR count). The van der Waals surface area contributed by atoms with Crippen LogP contribution >= 0.6 is 23.2 Å². The molecule has 0 aliphatic heterocycles. The van der Waals surface area contributed by atoms with Crippen LogP contribution < -0.4 is 0 Å². The van der Waals surface area contributed by atoms with E-state index in [2.05, 4.69) is 0 Å². The van der Waals surface area contributed by atoms with Gasteiger partial charge in [0.1, 0.15) is 6.10 Å². The second-order valence-electron chi connectivity index (χ2n) is 5.34. The van der Waals surface area contributed by atoms with Crippen LogP contribution in [0.3, 0.4) is 0 Å². The molecule has 0 bridgehead atoms. The van der Waals surface area contributed by atoms with Crippen molar-refractivity contribution in [3.05, 3.63) is 67.7 Å². The molecule has 0 aromatic heterocycles. The quantitative estimate of drug-likeness (QED) is 0.797. The standard InChI is InChI=1S/C17H18Cl2O/c1-9-5-13(6-10(2)15(9)18)17(20)14-7-11(3)16(19)12(4)8-14/h5-8,17,20H,1-4H3. The fourth-order valence-electron chi connectivity index (χ4n) is 2.47. The van der Waals surface area contributed by atoms with Crippen LogP contribution in [0.5, 0.6) is 0 Å². The lowest BCUT2D eigenvalue weighted by Crippen LogP contribution is -2.02. The van der Waals surface area contributed by atoms with Crippen molar-refractivity contribution in [2.24, 2.45) is 0 Å². The molecule has 0 spiro atoms. The molecule has 2 aromatic rings. The predicted molar refractivity (Wildman–Crippen MR) is 85.9 cm³/mol. The third-order valence-electron chi connectivity index (χ3n) is 3.55. The summed E-state index contributed by atoms with van der Waals surface area (Å²) < 4.78 is 0. The molecule has 0 atom stereocenters. The van der Waals surface area contributed by atoms with E-state index in [-0.39, 0.29) is 0 Å². The van der Waals surface area contributed by atoms with Gasteiger partial charge in [-0.05, 0) is 61.1 Å². The molecule has 0 saturated heterocycles. The summed E-state index contributed by atoms with van der Waals surface area (Å²) in [5, 5.41) is 12.1. The van der Waals surface area contributed by atoms with Crippen molar-refractivity contribution in [3.8, 4) is 0 Å². The molecule has 20 heavy (non-hydrogen) atoms. The number of halogens is 2. The summed E-state index contributed by atoms with van der Waals surface area (Å²) >= 11 is 12.3. The molecule has 0 amide bonds. The third kappa shape index (κ3) is 2.85. The highest BCUT2D eigenvalue weighted by atomic mass is 35.5. The smallest absolute Gasteiger partial charge is 0.104 e. The van der Waals surface area contributed by atoms with Crippen LogP contribution in [0.15, 0.2) is 24.3 Å². The Kier molecular flexibility index (Phi) is 4.43. The van der Waals surface area contributed by atoms with Crippen molar-refractivity contribution in [1.82, 2.24) is 0 Å². The number of aliphatic hydroxyl groups is 1. The van der Waals surface area contributed by atoms with Gasteiger partial charge in [0.15, 0.2) is 0 Å². The molecule has 0 heterocycles. The Morgan fingerprint density at radius 1 is 0.700 bits per heavy atom. The molecule has 0 aliphatic rings. The van der Waals surface area contributed by atoms with Gasteiger partial charge in [-0.15, -0.1) is 0 Å². The molecule has 1 N–H and O–H groups in total. The highest BCUT2D eigenvalue weighted by molar-refractivity contribution is 6.32. The van der Waals surface area contributed by atoms with Crippen LogP contribution in [-0.2, 0) is 0 Å². The Morgan fingerprint density at radius 2 is 0.950 bits per heavy atom. The second-order valence-corrected chi connectivity index (χ2v) is 6.10. The number of hydrogen-bond acceptors (Lipinski definition) is 1. The molecule has 2 aromatic carbocycles. The molecule has 0 aliphatic carbocycles. The summed E-state index contributed by atoms with van der Waals surface area (Å²) in [6.07, 6.45) is -0.667. The lowest BCUT2D eigenvalue weighted by atomic mass is 9.95. The zero-order valence-corrected chi connectivity index (χ0v) is 13.6. The Bertz CT molecular complexity index is 559. The van der Waals surface area contributed by atoms with E-state index in [4.69, 9.17) is 23.2 Å². The van der Waals surface area contributed by atoms with Crippen molar-refractivity contribution in [2.45, 2.75) is 33.8 Å². The Labute approximate surface area is 130 Å². The van der Waals surface area contributed by atoms with Crippen molar-refractivity contribution >= 4 is 23.2 Å². The monoisotopic (exact) mass is 308 g/mol. The summed E-state index contributed by atoms with van der Waals surface area (Å²) in [7, 11) is 0. The first-order valence-electron chi connectivity index (χ1n) is 6.52. The minimum Gasteiger partial charge on any atom is -0.384 e. The van der Waals surface area contributed by atoms with Gasteiger partial charge in [-0.3, -0.25) is 0 Å². The zero-order chi connectivity index (χ0) is 15.0. The maximum Gasteiger partial charge on any atom is 0.104 e. The van der Waals surface area contributed by atoms with Gasteiger partial charge in [0.05, 0.1) is 0 Å².